The zero-order chi connectivity index (χ0) is 24.1. The van der Waals surface area contributed by atoms with Gasteiger partial charge in [-0.3, -0.25) is 10.2 Å². The number of carbonyl (C=O) groups is 1. The molecule has 2 aliphatic rings. The standard InChI is InChI=1S/C25H24N4O4S/c1-4-5-18-12-17(13-20-23(26)29-25(28-24(20)30)34-15-27-29)14-21(31-3)22(18)33-11-10-32-19-8-6-16(2)7-9-19/h4,6-9,12-15,26H,1,5,10-11H2,2-3H3/b20-13-,26-23?. The second kappa shape index (κ2) is 10.4. The molecule has 4 rings (SSSR count). The molecule has 2 aromatic rings. The van der Waals surface area contributed by atoms with Crippen molar-refractivity contribution < 1.29 is 19.0 Å². The van der Waals surface area contributed by atoms with Gasteiger partial charge in [0.1, 0.15) is 19.0 Å². The van der Waals surface area contributed by atoms with Crippen molar-refractivity contribution in [2.75, 3.05) is 20.3 Å². The van der Waals surface area contributed by atoms with Crippen LogP contribution in [-0.2, 0) is 11.2 Å². The number of benzene rings is 2. The van der Waals surface area contributed by atoms with Gasteiger partial charge in [0.05, 0.1) is 18.2 Å². The number of hydrazone groups is 1. The summed E-state index contributed by atoms with van der Waals surface area (Å²) in [7, 11) is 1.56. The molecule has 0 saturated heterocycles. The van der Waals surface area contributed by atoms with E-state index in [9.17, 15) is 4.79 Å². The summed E-state index contributed by atoms with van der Waals surface area (Å²) in [6.07, 6.45) is 3.91. The van der Waals surface area contributed by atoms with Gasteiger partial charge in [0.25, 0.3) is 5.91 Å². The Morgan fingerprint density at radius 1 is 1.18 bits per heavy atom. The summed E-state index contributed by atoms with van der Waals surface area (Å²) in [5.74, 6) is 1.37. The molecule has 0 saturated carbocycles. The quantitative estimate of drug-likeness (QED) is 0.327. The van der Waals surface area contributed by atoms with Crippen LogP contribution < -0.4 is 14.2 Å². The number of allylic oxidation sites excluding steroid dienone is 1. The number of amides is 1. The van der Waals surface area contributed by atoms with E-state index in [1.165, 1.54) is 22.3 Å². The molecule has 0 spiro atoms. The van der Waals surface area contributed by atoms with Crippen LogP contribution in [0.1, 0.15) is 16.7 Å². The van der Waals surface area contributed by atoms with E-state index in [0.29, 0.717) is 41.9 Å². The van der Waals surface area contributed by atoms with Gasteiger partial charge in [-0.2, -0.15) is 15.1 Å². The second-order valence-corrected chi connectivity index (χ2v) is 8.28. The van der Waals surface area contributed by atoms with E-state index in [-0.39, 0.29) is 11.4 Å². The minimum atomic E-state index is -0.480. The lowest BCUT2D eigenvalue weighted by Gasteiger charge is -2.21. The molecule has 8 nitrogen and oxygen atoms in total. The average Bonchev–Trinajstić information content (AvgIpc) is 3.30. The highest BCUT2D eigenvalue weighted by molar-refractivity contribution is 8.25. The first kappa shape index (κ1) is 23.3. The first-order valence-electron chi connectivity index (χ1n) is 10.6. The monoisotopic (exact) mass is 476 g/mol. The molecule has 9 heteroatoms. The number of nitrogens with zero attached hydrogens (tertiary/aromatic N) is 3. The van der Waals surface area contributed by atoms with E-state index in [2.05, 4.69) is 16.7 Å². The number of ether oxygens (including phenoxy) is 3. The Labute approximate surface area is 202 Å². The van der Waals surface area contributed by atoms with E-state index >= 15 is 0 Å². The van der Waals surface area contributed by atoms with Crippen LogP contribution in [0.5, 0.6) is 17.2 Å². The fraction of sp³-hybridized carbons (Fsp3) is 0.200. The number of rotatable bonds is 9. The maximum atomic E-state index is 12.5. The highest BCUT2D eigenvalue weighted by Gasteiger charge is 2.32. The highest BCUT2D eigenvalue weighted by Crippen LogP contribution is 2.35. The van der Waals surface area contributed by atoms with Crippen LogP contribution in [-0.4, -0.2) is 47.8 Å². The third-order valence-corrected chi connectivity index (χ3v) is 5.74. The van der Waals surface area contributed by atoms with Gasteiger partial charge in [0, 0.05) is 5.56 Å². The minimum absolute atomic E-state index is 0.0194. The second-order valence-electron chi connectivity index (χ2n) is 7.47. The molecule has 2 heterocycles. The molecule has 0 aliphatic carbocycles. The summed E-state index contributed by atoms with van der Waals surface area (Å²) >= 11 is 1.21. The van der Waals surface area contributed by atoms with Crippen molar-refractivity contribution in [3.05, 3.63) is 71.3 Å². The van der Waals surface area contributed by atoms with Crippen molar-refractivity contribution in [2.24, 2.45) is 10.1 Å². The number of fused-ring (bicyclic) bond motifs is 1. The van der Waals surface area contributed by atoms with Crippen LogP contribution in [0.25, 0.3) is 6.08 Å². The minimum Gasteiger partial charge on any atom is -0.493 e. The SMILES string of the molecule is C=CCc1cc(/C=C2/C(=N)N3N=CSC3=NC2=O)cc(OC)c1OCCOc1ccc(C)cc1. The lowest BCUT2D eigenvalue weighted by atomic mass is 10.0. The normalized spacial score (nSPS) is 15.9. The fourth-order valence-corrected chi connectivity index (χ4v) is 4.04. The van der Waals surface area contributed by atoms with E-state index in [4.69, 9.17) is 19.6 Å². The molecule has 0 aromatic heterocycles. The number of methoxy groups -OCH3 is 1. The highest BCUT2D eigenvalue weighted by atomic mass is 32.2. The third kappa shape index (κ3) is 5.04. The van der Waals surface area contributed by atoms with E-state index in [1.54, 1.807) is 30.9 Å². The summed E-state index contributed by atoms with van der Waals surface area (Å²) < 4.78 is 17.4. The Bertz CT molecular complexity index is 1220. The van der Waals surface area contributed by atoms with Gasteiger partial charge in [-0.15, -0.1) is 6.58 Å². The Hall–Kier alpha value is -3.85. The van der Waals surface area contributed by atoms with Gasteiger partial charge in [-0.1, -0.05) is 23.8 Å². The molecule has 1 amide bonds. The number of nitrogens with one attached hydrogen (secondary N) is 1. The predicted octanol–water partition coefficient (Wildman–Crippen LogP) is 4.44. The number of carbonyl (C=O) groups excluding carboxylic acids is 1. The third-order valence-electron chi connectivity index (χ3n) is 5.07. The van der Waals surface area contributed by atoms with Crippen LogP contribution in [0.15, 0.2) is 64.7 Å². The molecular weight excluding hydrogens is 452 g/mol. The van der Waals surface area contributed by atoms with Gasteiger partial charge in [-0.25, -0.2) is 0 Å². The molecule has 0 bridgehead atoms. The molecule has 0 unspecified atom stereocenters. The summed E-state index contributed by atoms with van der Waals surface area (Å²) in [4.78, 5) is 16.5. The zero-order valence-corrected chi connectivity index (χ0v) is 19.7. The first-order valence-corrected chi connectivity index (χ1v) is 11.4. The van der Waals surface area contributed by atoms with E-state index < -0.39 is 5.91 Å². The van der Waals surface area contributed by atoms with Gasteiger partial charge in [0.2, 0.25) is 0 Å². The molecule has 174 valence electrons. The maximum Gasteiger partial charge on any atom is 0.283 e. The van der Waals surface area contributed by atoms with Crippen molar-refractivity contribution >= 4 is 40.3 Å². The van der Waals surface area contributed by atoms with Crippen LogP contribution in [0.4, 0.5) is 0 Å². The smallest absolute Gasteiger partial charge is 0.283 e. The van der Waals surface area contributed by atoms with Crippen LogP contribution in [0.2, 0.25) is 0 Å². The molecule has 34 heavy (non-hydrogen) atoms. The molecular formula is C25H24N4O4S. The molecule has 2 aliphatic heterocycles. The molecule has 0 radical (unpaired) electrons. The molecule has 0 fully saturated rings. The van der Waals surface area contributed by atoms with Crippen molar-refractivity contribution in [2.45, 2.75) is 13.3 Å². The number of amidine groups is 2. The average molecular weight is 477 g/mol. The molecule has 1 N–H and O–H groups in total. The van der Waals surface area contributed by atoms with Crippen LogP contribution >= 0.6 is 11.8 Å². The Morgan fingerprint density at radius 3 is 2.68 bits per heavy atom. The summed E-state index contributed by atoms with van der Waals surface area (Å²) in [6.45, 7) is 6.55. The molecule has 0 atom stereocenters. The van der Waals surface area contributed by atoms with Gasteiger partial charge in [-0.05, 0) is 61.0 Å². The van der Waals surface area contributed by atoms with Gasteiger partial charge < -0.3 is 14.2 Å². The first-order chi connectivity index (χ1) is 16.5. The number of thioether (sulfide) groups is 1. The zero-order valence-electron chi connectivity index (χ0n) is 18.9. The Kier molecular flexibility index (Phi) is 7.12. The molecule has 2 aromatic carbocycles. The largest absolute Gasteiger partial charge is 0.493 e. The number of hydrogen-bond donors (Lipinski definition) is 1. The van der Waals surface area contributed by atoms with Crippen molar-refractivity contribution in [3.8, 4) is 17.2 Å². The summed E-state index contributed by atoms with van der Waals surface area (Å²) in [5.41, 5.74) is 4.38. The van der Waals surface area contributed by atoms with Gasteiger partial charge in [0.15, 0.2) is 22.5 Å². The van der Waals surface area contributed by atoms with E-state index in [0.717, 1.165) is 11.3 Å². The van der Waals surface area contributed by atoms with E-state index in [1.807, 2.05) is 37.3 Å². The lowest BCUT2D eigenvalue weighted by molar-refractivity contribution is -0.114. The van der Waals surface area contributed by atoms with Crippen molar-refractivity contribution in [1.29, 1.82) is 5.41 Å². The van der Waals surface area contributed by atoms with Crippen LogP contribution in [0, 0.1) is 12.3 Å². The summed E-state index contributed by atoms with van der Waals surface area (Å²) in [5, 5.41) is 14.2. The van der Waals surface area contributed by atoms with Gasteiger partial charge >= 0.3 is 0 Å². The predicted molar refractivity (Wildman–Crippen MR) is 135 cm³/mol. The lowest BCUT2D eigenvalue weighted by Crippen LogP contribution is -2.35. The number of aliphatic imine (C=N–C) groups is 1. The Morgan fingerprint density at radius 2 is 1.94 bits per heavy atom. The number of hydrogen-bond acceptors (Lipinski definition) is 7. The van der Waals surface area contributed by atoms with Crippen molar-refractivity contribution in [1.82, 2.24) is 5.01 Å². The number of aryl methyl sites for hydroxylation is 1. The maximum absolute atomic E-state index is 12.5. The van der Waals surface area contributed by atoms with Crippen LogP contribution in [0.3, 0.4) is 0 Å². The topological polar surface area (TPSA) is 96.6 Å². The van der Waals surface area contributed by atoms with Crippen molar-refractivity contribution in [3.63, 3.8) is 0 Å². The Balaban J connectivity index is 1.54. The fourth-order valence-electron chi connectivity index (χ4n) is 3.43. The summed E-state index contributed by atoms with van der Waals surface area (Å²) in [6, 6.07) is 11.5.